The lowest BCUT2D eigenvalue weighted by atomic mass is 10.00. The van der Waals surface area contributed by atoms with Crippen molar-refractivity contribution in [1.82, 2.24) is 9.99 Å². The van der Waals surface area contributed by atoms with E-state index in [1.165, 1.54) is 20.2 Å². The summed E-state index contributed by atoms with van der Waals surface area (Å²) in [5.41, 5.74) is -2.98. The smallest absolute Gasteiger partial charge is 0.496 e. The molecule has 33 heavy (non-hydrogen) atoms. The minimum Gasteiger partial charge on any atom is -0.496 e. The van der Waals surface area contributed by atoms with Crippen molar-refractivity contribution in [1.29, 1.82) is 0 Å². The van der Waals surface area contributed by atoms with Crippen LogP contribution in [0.1, 0.15) is 12.0 Å². The highest BCUT2D eigenvalue weighted by Gasteiger charge is 2.47. The summed E-state index contributed by atoms with van der Waals surface area (Å²) in [6.45, 7) is 0. The van der Waals surface area contributed by atoms with Crippen LogP contribution in [0.5, 0.6) is 5.75 Å². The minimum atomic E-state index is -5.52. The third-order valence-corrected chi connectivity index (χ3v) is 6.78. The summed E-state index contributed by atoms with van der Waals surface area (Å²) in [5, 5.41) is 16.3. The van der Waals surface area contributed by atoms with E-state index in [9.17, 15) is 31.5 Å². The van der Waals surface area contributed by atoms with Crippen LogP contribution < -0.4 is 4.74 Å². The highest BCUT2D eigenvalue weighted by molar-refractivity contribution is 7.92. The van der Waals surface area contributed by atoms with Gasteiger partial charge in [0.1, 0.15) is 11.9 Å². The third kappa shape index (κ3) is 3.95. The molecular weight excluding hydrogens is 463 g/mol. The van der Waals surface area contributed by atoms with Gasteiger partial charge < -0.3 is 14.8 Å². The molecule has 2 N–H and O–H groups in total. The number of carbonyl (C=O) groups is 1. The number of halogens is 3. The zero-order valence-corrected chi connectivity index (χ0v) is 18.2. The number of aliphatic hydroxyl groups excluding tert-OH is 1. The molecule has 0 radical (unpaired) electrons. The Labute approximate surface area is 186 Å². The van der Waals surface area contributed by atoms with Crippen molar-refractivity contribution in [2.75, 3.05) is 14.2 Å². The van der Waals surface area contributed by atoms with Crippen molar-refractivity contribution in [3.63, 3.8) is 0 Å². The Morgan fingerprint density at radius 1 is 1.18 bits per heavy atom. The van der Waals surface area contributed by atoms with E-state index in [-0.39, 0.29) is 18.1 Å². The third-order valence-electron chi connectivity index (χ3n) is 5.30. The number of benzene rings is 2. The normalized spacial score (nSPS) is 17.4. The maximum Gasteiger partial charge on any atom is 0.501 e. The summed E-state index contributed by atoms with van der Waals surface area (Å²) >= 11 is 0. The summed E-state index contributed by atoms with van der Waals surface area (Å²) in [4.78, 5) is 13.9. The van der Waals surface area contributed by atoms with Crippen molar-refractivity contribution in [2.45, 2.75) is 22.9 Å². The molecule has 1 aliphatic rings. The number of aliphatic hydroxyl groups is 1. The number of ether oxygens (including phenoxy) is 1. The fraction of sp³-hybridized carbons (Fsp3) is 0.238. The predicted molar refractivity (Wildman–Crippen MR) is 113 cm³/mol. The molecule has 8 nitrogen and oxygen atoms in total. The second kappa shape index (κ2) is 7.89. The number of carbonyl (C=O) groups excluding carboxylic acids is 1. The van der Waals surface area contributed by atoms with Gasteiger partial charge in [0.2, 0.25) is 5.91 Å². The Morgan fingerprint density at radius 3 is 2.58 bits per heavy atom. The Hall–Kier alpha value is -3.38. The van der Waals surface area contributed by atoms with Gasteiger partial charge in [-0.3, -0.25) is 4.79 Å². The Kier molecular flexibility index (Phi) is 5.45. The van der Waals surface area contributed by atoms with Crippen molar-refractivity contribution >= 4 is 32.4 Å². The summed E-state index contributed by atoms with van der Waals surface area (Å²) in [6, 6.07) is 9.83. The molecule has 1 aromatic heterocycles. The average molecular weight is 481 g/mol. The molecule has 0 bridgehead atoms. The first-order valence-corrected chi connectivity index (χ1v) is 11.1. The molecule has 2 aromatic carbocycles. The van der Waals surface area contributed by atoms with Gasteiger partial charge in [0.25, 0.3) is 9.84 Å². The first-order valence-electron chi connectivity index (χ1n) is 9.58. The van der Waals surface area contributed by atoms with E-state index in [1.54, 1.807) is 24.3 Å². The van der Waals surface area contributed by atoms with Crippen LogP contribution >= 0.6 is 0 Å². The van der Waals surface area contributed by atoms with E-state index >= 15 is 0 Å². The molecule has 2 heterocycles. The monoisotopic (exact) mass is 481 g/mol. The molecule has 0 saturated carbocycles. The zero-order valence-electron chi connectivity index (χ0n) is 17.3. The molecule has 0 aliphatic carbocycles. The van der Waals surface area contributed by atoms with Gasteiger partial charge in [-0.2, -0.15) is 18.3 Å². The molecule has 174 valence electrons. The lowest BCUT2D eigenvalue weighted by molar-refractivity contribution is -0.132. The second-order valence-electron chi connectivity index (χ2n) is 7.42. The Morgan fingerprint density at radius 2 is 1.91 bits per heavy atom. The van der Waals surface area contributed by atoms with Crippen LogP contribution in [0.2, 0.25) is 0 Å². The maximum absolute atomic E-state index is 12.9. The van der Waals surface area contributed by atoms with E-state index in [2.05, 4.69) is 10.1 Å². The molecule has 1 atom stereocenters. The molecule has 0 saturated heterocycles. The number of sulfone groups is 1. The molecule has 1 amide bonds. The van der Waals surface area contributed by atoms with Gasteiger partial charge >= 0.3 is 5.51 Å². The number of hydrazone groups is 1. The number of hydrogen-bond acceptors (Lipinski definition) is 6. The number of nitrogens with zero attached hydrogens (tertiary/aromatic N) is 2. The molecule has 0 spiro atoms. The molecular formula is C21H18F3N3O5S. The highest BCUT2D eigenvalue weighted by Crippen LogP contribution is 2.37. The van der Waals surface area contributed by atoms with E-state index in [0.717, 1.165) is 17.1 Å². The number of rotatable bonds is 4. The van der Waals surface area contributed by atoms with Crippen LogP contribution in [0.25, 0.3) is 22.2 Å². The summed E-state index contributed by atoms with van der Waals surface area (Å²) in [5.74, 6) is -0.362. The van der Waals surface area contributed by atoms with Crippen LogP contribution in [0.4, 0.5) is 13.2 Å². The summed E-state index contributed by atoms with van der Waals surface area (Å²) < 4.78 is 67.3. The van der Waals surface area contributed by atoms with E-state index < -0.39 is 26.3 Å². The van der Waals surface area contributed by atoms with Crippen LogP contribution in [0.15, 0.2) is 52.5 Å². The van der Waals surface area contributed by atoms with Crippen LogP contribution in [-0.4, -0.2) is 60.9 Å². The minimum absolute atomic E-state index is 0.0562. The summed E-state index contributed by atoms with van der Waals surface area (Å²) in [7, 11) is -2.80. The average Bonchev–Trinajstić information content (AvgIpc) is 3.18. The van der Waals surface area contributed by atoms with Crippen LogP contribution in [0, 0.1) is 0 Å². The molecule has 1 unspecified atom stereocenters. The molecule has 1 aliphatic heterocycles. The van der Waals surface area contributed by atoms with Crippen molar-refractivity contribution in [3.8, 4) is 17.0 Å². The topological polar surface area (TPSA) is 112 Å². The van der Waals surface area contributed by atoms with Crippen molar-refractivity contribution in [3.05, 3.63) is 48.0 Å². The van der Waals surface area contributed by atoms with Gasteiger partial charge in [-0.05, 0) is 36.4 Å². The largest absolute Gasteiger partial charge is 0.501 e. The van der Waals surface area contributed by atoms with E-state index in [4.69, 9.17) is 4.74 Å². The number of nitrogens with one attached hydrogen (secondary N) is 1. The Bertz CT molecular complexity index is 1400. The van der Waals surface area contributed by atoms with Crippen LogP contribution in [-0.2, 0) is 14.6 Å². The van der Waals surface area contributed by atoms with E-state index in [1.807, 2.05) is 0 Å². The quantitative estimate of drug-likeness (QED) is 0.595. The number of fused-ring (bicyclic) bond motifs is 1. The van der Waals surface area contributed by atoms with Gasteiger partial charge in [-0.1, -0.05) is 6.07 Å². The highest BCUT2D eigenvalue weighted by atomic mass is 32.2. The second-order valence-corrected chi connectivity index (χ2v) is 9.36. The number of aromatic amines is 1. The SMILES string of the molecule is COc1cc(S(=O)(=O)C(F)(F)F)ccc1-c1cc2cc(C3=NN(C)C(=O)CC3O)ccc2[nH]1. The zero-order chi connectivity index (χ0) is 24.1. The predicted octanol–water partition coefficient (Wildman–Crippen LogP) is 3.06. The lowest BCUT2D eigenvalue weighted by Crippen LogP contribution is -2.38. The van der Waals surface area contributed by atoms with E-state index in [0.29, 0.717) is 33.4 Å². The fourth-order valence-corrected chi connectivity index (χ4v) is 4.34. The fourth-order valence-electron chi connectivity index (χ4n) is 3.56. The number of alkyl halides is 3. The van der Waals surface area contributed by atoms with Crippen molar-refractivity contribution < 1.29 is 36.2 Å². The lowest BCUT2D eigenvalue weighted by Gasteiger charge is -2.23. The number of hydrogen-bond donors (Lipinski definition) is 2. The number of aromatic nitrogens is 1. The number of H-pyrrole nitrogens is 1. The van der Waals surface area contributed by atoms with Gasteiger partial charge in [0.15, 0.2) is 0 Å². The van der Waals surface area contributed by atoms with Crippen LogP contribution in [0.3, 0.4) is 0 Å². The first kappa shape index (κ1) is 22.8. The molecule has 0 fully saturated rings. The van der Waals surface area contributed by atoms with Gasteiger partial charge in [0.05, 0.1) is 29.8 Å². The van der Waals surface area contributed by atoms with Gasteiger partial charge in [-0.25, -0.2) is 13.4 Å². The van der Waals surface area contributed by atoms with Gasteiger partial charge in [0, 0.05) is 29.1 Å². The molecule has 4 rings (SSSR count). The summed E-state index contributed by atoms with van der Waals surface area (Å²) in [6.07, 6.45) is -1.14. The maximum atomic E-state index is 12.9. The van der Waals surface area contributed by atoms with Crippen molar-refractivity contribution in [2.24, 2.45) is 5.10 Å². The molecule has 12 heteroatoms. The van der Waals surface area contributed by atoms with Gasteiger partial charge in [-0.15, -0.1) is 0 Å². The number of amides is 1. The Balaban J connectivity index is 1.76. The first-order chi connectivity index (χ1) is 15.4. The standard InChI is InChI=1S/C21H18F3N3O5S/c1-27-19(29)10-17(28)20(26-27)11-3-6-15-12(7-11)8-16(25-15)14-5-4-13(9-18(14)32-2)33(30,31)21(22,23)24/h3-9,17,25,28H,10H2,1-2H3. The molecule has 3 aromatic rings. The number of methoxy groups -OCH3 is 1.